The van der Waals surface area contributed by atoms with Crippen LogP contribution in [0.1, 0.15) is 65.2 Å². The van der Waals surface area contributed by atoms with E-state index >= 15 is 0 Å². The van der Waals surface area contributed by atoms with Gasteiger partial charge in [-0.3, -0.25) is 9.59 Å². The van der Waals surface area contributed by atoms with Crippen LogP contribution in [-0.4, -0.2) is 54.9 Å². The lowest BCUT2D eigenvalue weighted by molar-refractivity contribution is -0.145. The summed E-state index contributed by atoms with van der Waals surface area (Å²) in [4.78, 5) is 26.5. The van der Waals surface area contributed by atoms with Gasteiger partial charge < -0.3 is 9.64 Å². The number of esters is 1. The minimum atomic E-state index is -3.55. The molecular weight excluding hydrogens is 354 g/mol. The molecule has 2 saturated carbocycles. The third kappa shape index (κ3) is 4.24. The molecular formula is C19H31NO5S. The van der Waals surface area contributed by atoms with Crippen molar-refractivity contribution in [3.63, 3.8) is 0 Å². The van der Waals surface area contributed by atoms with Gasteiger partial charge in [-0.15, -0.1) is 0 Å². The van der Waals surface area contributed by atoms with Crippen LogP contribution in [0.25, 0.3) is 0 Å². The molecule has 3 aliphatic rings. The zero-order chi connectivity index (χ0) is 18.9. The molecule has 0 bridgehead atoms. The molecule has 1 amide bonds. The van der Waals surface area contributed by atoms with Gasteiger partial charge in [-0.2, -0.15) is 0 Å². The van der Waals surface area contributed by atoms with Crippen molar-refractivity contribution < 1.29 is 22.7 Å². The molecule has 1 heterocycles. The molecule has 148 valence electrons. The Balaban J connectivity index is 1.59. The summed E-state index contributed by atoms with van der Waals surface area (Å²) in [6.45, 7) is 4.29. The van der Waals surface area contributed by atoms with Crippen molar-refractivity contribution in [3.8, 4) is 0 Å². The lowest BCUT2D eigenvalue weighted by Gasteiger charge is -2.28. The summed E-state index contributed by atoms with van der Waals surface area (Å²) >= 11 is 0. The van der Waals surface area contributed by atoms with Crippen LogP contribution < -0.4 is 0 Å². The molecule has 26 heavy (non-hydrogen) atoms. The first kappa shape index (κ1) is 19.6. The fraction of sp³-hybridized carbons (Fsp3) is 0.895. The SMILES string of the molecule is CC(C)[C@@H](C(=O)OC[C@H]1CC(=O)N(C2CC2)C1)S(=O)(=O)C1CCCCC1. The van der Waals surface area contributed by atoms with E-state index in [1.54, 1.807) is 13.8 Å². The van der Waals surface area contributed by atoms with Crippen molar-refractivity contribution in [2.45, 2.75) is 81.8 Å². The Hall–Kier alpha value is -1.11. The van der Waals surface area contributed by atoms with E-state index in [9.17, 15) is 18.0 Å². The van der Waals surface area contributed by atoms with Crippen LogP contribution in [-0.2, 0) is 24.2 Å². The number of nitrogens with zero attached hydrogens (tertiary/aromatic N) is 1. The third-order valence-corrected chi connectivity index (χ3v) is 8.74. The highest BCUT2D eigenvalue weighted by molar-refractivity contribution is 7.93. The number of likely N-dealkylation sites (tertiary alicyclic amines) is 1. The molecule has 3 fully saturated rings. The maximum atomic E-state index is 13.0. The molecule has 0 unspecified atom stereocenters. The van der Waals surface area contributed by atoms with Gasteiger partial charge in [0, 0.05) is 24.9 Å². The van der Waals surface area contributed by atoms with E-state index in [1.165, 1.54) is 0 Å². The quantitative estimate of drug-likeness (QED) is 0.628. The van der Waals surface area contributed by atoms with Gasteiger partial charge in [0.15, 0.2) is 15.1 Å². The van der Waals surface area contributed by atoms with Gasteiger partial charge in [-0.05, 0) is 31.6 Å². The maximum Gasteiger partial charge on any atom is 0.324 e. The summed E-state index contributed by atoms with van der Waals surface area (Å²) in [6, 6.07) is 0.373. The van der Waals surface area contributed by atoms with Gasteiger partial charge in [0.2, 0.25) is 5.91 Å². The van der Waals surface area contributed by atoms with Gasteiger partial charge in [0.1, 0.15) is 0 Å². The lowest BCUT2D eigenvalue weighted by atomic mass is 10.0. The topological polar surface area (TPSA) is 80.8 Å². The first-order chi connectivity index (χ1) is 12.3. The van der Waals surface area contributed by atoms with Crippen LogP contribution in [0.15, 0.2) is 0 Å². The van der Waals surface area contributed by atoms with Crippen LogP contribution in [0.4, 0.5) is 0 Å². The summed E-state index contributed by atoms with van der Waals surface area (Å²) in [5, 5.41) is -1.52. The van der Waals surface area contributed by atoms with E-state index in [-0.39, 0.29) is 24.3 Å². The van der Waals surface area contributed by atoms with Gasteiger partial charge in [0.25, 0.3) is 0 Å². The second kappa shape index (κ2) is 7.87. The number of sulfone groups is 1. The molecule has 2 atom stereocenters. The van der Waals surface area contributed by atoms with E-state index < -0.39 is 26.3 Å². The van der Waals surface area contributed by atoms with Crippen LogP contribution in [0.3, 0.4) is 0 Å². The van der Waals surface area contributed by atoms with E-state index in [0.717, 1.165) is 32.1 Å². The molecule has 0 N–H and O–H groups in total. The fourth-order valence-corrected chi connectivity index (χ4v) is 6.83. The second-order valence-electron chi connectivity index (χ2n) is 8.49. The highest BCUT2D eigenvalue weighted by Gasteiger charge is 2.43. The number of hydrogen-bond donors (Lipinski definition) is 0. The first-order valence-electron chi connectivity index (χ1n) is 9.99. The third-order valence-electron chi connectivity index (χ3n) is 5.90. The van der Waals surface area contributed by atoms with Crippen molar-refractivity contribution in [2.24, 2.45) is 11.8 Å². The van der Waals surface area contributed by atoms with Crippen molar-refractivity contribution in [2.75, 3.05) is 13.2 Å². The zero-order valence-corrected chi connectivity index (χ0v) is 16.7. The smallest absolute Gasteiger partial charge is 0.324 e. The number of hydrogen-bond acceptors (Lipinski definition) is 5. The zero-order valence-electron chi connectivity index (χ0n) is 15.9. The average molecular weight is 386 g/mol. The van der Waals surface area contributed by atoms with E-state index in [4.69, 9.17) is 4.74 Å². The number of ether oxygens (including phenoxy) is 1. The Morgan fingerprint density at radius 2 is 1.81 bits per heavy atom. The molecule has 0 aromatic rings. The molecule has 6 nitrogen and oxygen atoms in total. The molecule has 0 spiro atoms. The first-order valence-corrected chi connectivity index (χ1v) is 11.6. The standard InChI is InChI=1S/C19H31NO5S/c1-13(2)18(26(23,24)16-6-4-3-5-7-16)19(22)25-12-14-10-17(21)20(11-14)15-8-9-15/h13-16,18H,3-12H2,1-2H3/t14-,18-/m0/s1. The van der Waals surface area contributed by atoms with E-state index in [0.29, 0.717) is 31.8 Å². The predicted octanol–water partition coefficient (Wildman–Crippen LogP) is 2.31. The van der Waals surface area contributed by atoms with Crippen molar-refractivity contribution >= 4 is 21.7 Å². The molecule has 1 aliphatic heterocycles. The average Bonchev–Trinajstić information content (AvgIpc) is 3.36. The van der Waals surface area contributed by atoms with Crippen LogP contribution in [0.2, 0.25) is 0 Å². The second-order valence-corrected chi connectivity index (χ2v) is 10.8. The summed E-state index contributed by atoms with van der Waals surface area (Å²) in [6.07, 6.45) is 6.69. The summed E-state index contributed by atoms with van der Waals surface area (Å²) in [5.74, 6) is -0.841. The van der Waals surface area contributed by atoms with Crippen LogP contribution in [0.5, 0.6) is 0 Å². The monoisotopic (exact) mass is 385 g/mol. The van der Waals surface area contributed by atoms with Gasteiger partial charge in [-0.1, -0.05) is 33.1 Å². The molecule has 0 radical (unpaired) electrons. The molecule has 2 aliphatic carbocycles. The Morgan fingerprint density at radius 1 is 1.15 bits per heavy atom. The highest BCUT2D eigenvalue weighted by Crippen LogP contribution is 2.33. The van der Waals surface area contributed by atoms with Crippen LogP contribution in [0, 0.1) is 11.8 Å². The Morgan fingerprint density at radius 3 is 2.38 bits per heavy atom. The highest BCUT2D eigenvalue weighted by atomic mass is 32.2. The Kier molecular flexibility index (Phi) is 5.94. The lowest BCUT2D eigenvalue weighted by Crippen LogP contribution is -2.43. The summed E-state index contributed by atoms with van der Waals surface area (Å²) in [5.41, 5.74) is 0. The summed E-state index contributed by atoms with van der Waals surface area (Å²) < 4.78 is 31.4. The number of carbonyl (C=O) groups is 2. The van der Waals surface area contributed by atoms with Gasteiger partial charge in [-0.25, -0.2) is 8.42 Å². The van der Waals surface area contributed by atoms with E-state index in [2.05, 4.69) is 0 Å². The van der Waals surface area contributed by atoms with Crippen molar-refractivity contribution in [3.05, 3.63) is 0 Å². The van der Waals surface area contributed by atoms with E-state index in [1.807, 2.05) is 4.90 Å². The fourth-order valence-electron chi connectivity index (χ4n) is 4.33. The normalized spacial score (nSPS) is 26.3. The molecule has 7 heteroatoms. The summed E-state index contributed by atoms with van der Waals surface area (Å²) in [7, 11) is -3.55. The molecule has 0 aromatic heterocycles. The number of carbonyl (C=O) groups excluding carboxylic acids is 2. The van der Waals surface area contributed by atoms with Gasteiger partial charge >= 0.3 is 5.97 Å². The minimum absolute atomic E-state index is 0.0164. The largest absolute Gasteiger partial charge is 0.464 e. The number of amides is 1. The minimum Gasteiger partial charge on any atom is -0.464 e. The molecule has 3 rings (SSSR count). The predicted molar refractivity (Wildman–Crippen MR) is 98.2 cm³/mol. The Labute approximate surface area is 156 Å². The van der Waals surface area contributed by atoms with Crippen LogP contribution >= 0.6 is 0 Å². The molecule has 0 aromatic carbocycles. The molecule has 1 saturated heterocycles. The van der Waals surface area contributed by atoms with Crippen molar-refractivity contribution in [1.82, 2.24) is 4.90 Å². The maximum absolute atomic E-state index is 13.0. The van der Waals surface area contributed by atoms with Gasteiger partial charge in [0.05, 0.1) is 11.9 Å². The van der Waals surface area contributed by atoms with Crippen molar-refractivity contribution in [1.29, 1.82) is 0 Å². The Bertz CT molecular complexity index is 634. The number of rotatable bonds is 7.